The number of alkyl halides is 3. The lowest BCUT2D eigenvalue weighted by Gasteiger charge is -2.17. The molecule has 0 radical (unpaired) electrons. The molecule has 0 N–H and O–H groups in total. The van der Waals surface area contributed by atoms with E-state index in [1.54, 1.807) is 36.5 Å². The van der Waals surface area contributed by atoms with Crippen LogP contribution in [0.15, 0.2) is 23.0 Å². The Labute approximate surface area is 184 Å². The van der Waals surface area contributed by atoms with Gasteiger partial charge in [0.05, 0.1) is 21.8 Å². The Morgan fingerprint density at radius 1 is 1.29 bits per heavy atom. The lowest BCUT2D eigenvalue weighted by atomic mass is 10.1. The van der Waals surface area contributed by atoms with Crippen LogP contribution in [0, 0.1) is 6.92 Å². The Bertz CT molecular complexity index is 1290. The van der Waals surface area contributed by atoms with Crippen molar-refractivity contribution in [3.8, 4) is 0 Å². The van der Waals surface area contributed by atoms with Crippen molar-refractivity contribution < 1.29 is 18.0 Å². The second-order valence-corrected chi connectivity index (χ2v) is 9.48. The molecule has 0 spiro atoms. The van der Waals surface area contributed by atoms with Gasteiger partial charge in [0.1, 0.15) is 11.6 Å². The van der Waals surface area contributed by atoms with Crippen molar-refractivity contribution in [1.29, 1.82) is 0 Å². The Kier molecular flexibility index (Phi) is 4.67. The summed E-state index contributed by atoms with van der Waals surface area (Å²) in [5, 5.41) is 0.839. The number of fused-ring (bicyclic) bond motifs is 2. The Hall–Kier alpha value is -2.39. The molecule has 2 aliphatic rings. The van der Waals surface area contributed by atoms with Gasteiger partial charge in [-0.3, -0.25) is 9.59 Å². The van der Waals surface area contributed by atoms with Gasteiger partial charge < -0.3 is 9.47 Å². The molecule has 1 saturated carbocycles. The van der Waals surface area contributed by atoms with Gasteiger partial charge in [-0.15, -0.1) is 11.3 Å². The smallest absolute Gasteiger partial charge is 0.328 e. The predicted octanol–water partition coefficient (Wildman–Crippen LogP) is 5.02. The van der Waals surface area contributed by atoms with Gasteiger partial charge in [-0.2, -0.15) is 13.2 Å². The van der Waals surface area contributed by atoms with Crippen LogP contribution in [0.5, 0.6) is 0 Å². The molecule has 0 saturated heterocycles. The summed E-state index contributed by atoms with van der Waals surface area (Å²) in [5.74, 6) is 0.212. The molecule has 3 heterocycles. The van der Waals surface area contributed by atoms with Gasteiger partial charge in [0.25, 0.3) is 11.5 Å². The van der Waals surface area contributed by atoms with E-state index >= 15 is 0 Å². The number of carbonyl (C=O) groups excluding carboxylic acids is 1. The fourth-order valence-corrected chi connectivity index (χ4v) is 5.38. The van der Waals surface area contributed by atoms with E-state index < -0.39 is 18.3 Å². The van der Waals surface area contributed by atoms with Gasteiger partial charge in [0.2, 0.25) is 0 Å². The lowest BCUT2D eigenvalue weighted by Crippen LogP contribution is -2.32. The monoisotopic (exact) mass is 467 g/mol. The number of carbonyl (C=O) groups is 1. The lowest BCUT2D eigenvalue weighted by molar-refractivity contribution is -0.141. The molecule has 1 aliphatic heterocycles. The van der Waals surface area contributed by atoms with Crippen LogP contribution in [0.3, 0.4) is 0 Å². The fourth-order valence-electron chi connectivity index (χ4n) is 3.98. The highest BCUT2D eigenvalue weighted by atomic mass is 35.5. The van der Waals surface area contributed by atoms with Crippen LogP contribution in [0.2, 0.25) is 5.02 Å². The highest BCUT2D eigenvalue weighted by Gasteiger charge is 2.35. The Morgan fingerprint density at radius 3 is 2.71 bits per heavy atom. The highest BCUT2D eigenvalue weighted by molar-refractivity contribution is 7.18. The van der Waals surface area contributed by atoms with Gasteiger partial charge >= 0.3 is 6.18 Å². The second-order valence-electron chi connectivity index (χ2n) is 8.04. The van der Waals surface area contributed by atoms with Crippen molar-refractivity contribution in [2.45, 2.75) is 51.5 Å². The number of amides is 1. The van der Waals surface area contributed by atoms with Gasteiger partial charge in [-0.25, -0.2) is 4.98 Å². The average molecular weight is 468 g/mol. The van der Waals surface area contributed by atoms with Crippen LogP contribution in [0.1, 0.15) is 50.9 Å². The highest BCUT2D eigenvalue weighted by Crippen LogP contribution is 2.43. The van der Waals surface area contributed by atoms with Crippen molar-refractivity contribution in [2.75, 3.05) is 0 Å². The van der Waals surface area contributed by atoms with Crippen molar-refractivity contribution in [3.05, 3.63) is 61.0 Å². The van der Waals surface area contributed by atoms with E-state index in [-0.39, 0.29) is 29.7 Å². The predicted molar refractivity (Wildman–Crippen MR) is 112 cm³/mol. The number of hydrogen-bond acceptors (Lipinski definition) is 4. The number of benzene rings is 1. The molecule has 0 bridgehead atoms. The molecule has 1 aliphatic carbocycles. The van der Waals surface area contributed by atoms with Crippen molar-refractivity contribution in [3.63, 3.8) is 0 Å². The van der Waals surface area contributed by atoms with Gasteiger partial charge in [-0.05, 0) is 49.1 Å². The number of aromatic nitrogens is 2. The number of nitrogens with zero attached hydrogens (tertiary/aromatic N) is 3. The molecule has 162 valence electrons. The molecule has 10 heteroatoms. The quantitative estimate of drug-likeness (QED) is 0.543. The zero-order valence-electron chi connectivity index (χ0n) is 16.4. The van der Waals surface area contributed by atoms with E-state index in [0.717, 1.165) is 28.1 Å². The van der Waals surface area contributed by atoms with Gasteiger partial charge in [0, 0.05) is 23.7 Å². The van der Waals surface area contributed by atoms with Crippen LogP contribution >= 0.6 is 22.9 Å². The third-order valence-electron chi connectivity index (χ3n) is 5.78. The maximum atomic E-state index is 13.2. The second kappa shape index (κ2) is 7.06. The summed E-state index contributed by atoms with van der Waals surface area (Å²) in [7, 11) is 0. The zero-order chi connectivity index (χ0) is 22.1. The molecule has 1 amide bonds. The van der Waals surface area contributed by atoms with E-state index in [1.165, 1.54) is 4.90 Å². The van der Waals surface area contributed by atoms with Crippen LogP contribution in [0.4, 0.5) is 13.2 Å². The van der Waals surface area contributed by atoms with Gasteiger partial charge in [0.15, 0.2) is 0 Å². The van der Waals surface area contributed by atoms with Gasteiger partial charge in [-0.1, -0.05) is 11.6 Å². The first-order valence-electron chi connectivity index (χ1n) is 9.79. The van der Waals surface area contributed by atoms with E-state index in [0.29, 0.717) is 27.2 Å². The first kappa shape index (κ1) is 20.5. The van der Waals surface area contributed by atoms with Crippen molar-refractivity contribution in [2.24, 2.45) is 0 Å². The molecular formula is C21H17ClF3N3O2S. The summed E-state index contributed by atoms with van der Waals surface area (Å²) in [6, 6.07) is 5.27. The molecule has 2 aromatic heterocycles. The van der Waals surface area contributed by atoms with E-state index in [4.69, 9.17) is 11.6 Å². The number of hydrogen-bond donors (Lipinski definition) is 0. The number of rotatable bonds is 3. The molecule has 5 nitrogen and oxygen atoms in total. The summed E-state index contributed by atoms with van der Waals surface area (Å²) >= 11 is 7.60. The third kappa shape index (κ3) is 3.63. The first-order chi connectivity index (χ1) is 14.6. The van der Waals surface area contributed by atoms with E-state index in [9.17, 15) is 22.8 Å². The molecule has 3 aromatic rings. The summed E-state index contributed by atoms with van der Waals surface area (Å²) in [6.07, 6.45) is -2.30. The molecule has 0 unspecified atom stereocenters. The zero-order valence-corrected chi connectivity index (χ0v) is 18.0. The van der Waals surface area contributed by atoms with E-state index in [2.05, 4.69) is 4.98 Å². The third-order valence-corrected chi connectivity index (χ3v) is 7.41. The molecule has 5 rings (SSSR count). The number of pyridine rings is 1. The van der Waals surface area contributed by atoms with Crippen LogP contribution < -0.4 is 5.56 Å². The molecular weight excluding hydrogens is 451 g/mol. The van der Waals surface area contributed by atoms with Crippen LogP contribution in [-0.2, 0) is 19.6 Å². The maximum absolute atomic E-state index is 13.2. The van der Waals surface area contributed by atoms with E-state index in [1.807, 2.05) is 0 Å². The number of thiazole rings is 1. The molecule has 1 aromatic carbocycles. The average Bonchev–Trinajstić information content (AvgIpc) is 3.32. The Balaban J connectivity index is 1.48. The number of halogens is 4. The standard InChI is InChI=1S/C21H17ClF3N3O2S/c1-10-13-7-27(8-15(13)28(9-21(23,24)25)20(30)17(10)22)19(29)12-4-5-14-16(6-12)31-18(26-14)11-2-3-11/h4-6,11H,2-3,7-9H2,1H3. The Morgan fingerprint density at radius 2 is 2.03 bits per heavy atom. The minimum atomic E-state index is -4.58. The normalized spacial score (nSPS) is 16.2. The molecule has 31 heavy (non-hydrogen) atoms. The first-order valence-corrected chi connectivity index (χ1v) is 11.0. The summed E-state index contributed by atoms with van der Waals surface area (Å²) < 4.78 is 40.8. The summed E-state index contributed by atoms with van der Waals surface area (Å²) in [4.78, 5) is 31.6. The van der Waals surface area contributed by atoms with Crippen LogP contribution in [-0.4, -0.2) is 26.5 Å². The summed E-state index contributed by atoms with van der Waals surface area (Å²) in [6.45, 7) is 0.182. The van der Waals surface area contributed by atoms with Crippen molar-refractivity contribution in [1.82, 2.24) is 14.5 Å². The van der Waals surface area contributed by atoms with Crippen molar-refractivity contribution >= 4 is 39.1 Å². The summed E-state index contributed by atoms with van der Waals surface area (Å²) in [5.41, 5.74) is 1.50. The fraction of sp³-hybridized carbons (Fsp3) is 0.381. The topological polar surface area (TPSA) is 55.2 Å². The SMILES string of the molecule is Cc1c2c(n(CC(F)(F)F)c(=O)c1Cl)CN(C(=O)c1ccc3nc(C4CC4)sc3c1)C2. The minimum absolute atomic E-state index is 0.0778. The van der Waals surface area contributed by atoms with Crippen LogP contribution in [0.25, 0.3) is 10.2 Å². The minimum Gasteiger partial charge on any atom is -0.328 e. The maximum Gasteiger partial charge on any atom is 0.406 e. The molecule has 1 fully saturated rings. The largest absolute Gasteiger partial charge is 0.406 e. The molecule has 0 atom stereocenters.